The van der Waals surface area contributed by atoms with E-state index in [0.717, 1.165) is 17.0 Å². The first-order valence-electron chi connectivity index (χ1n) is 8.41. The number of nitrogens with zero attached hydrogens (tertiary/aromatic N) is 3. The number of amides is 1. The maximum absolute atomic E-state index is 12.6. The van der Waals surface area contributed by atoms with Crippen LogP contribution in [-0.2, 0) is 13.0 Å². The molecule has 0 fully saturated rings. The van der Waals surface area contributed by atoms with Gasteiger partial charge in [-0.1, -0.05) is 19.1 Å². The third kappa shape index (κ3) is 2.99. The number of fused-ring (bicyclic) bond motifs is 1. The van der Waals surface area contributed by atoms with Gasteiger partial charge in [0, 0.05) is 12.7 Å². The van der Waals surface area contributed by atoms with Crippen LogP contribution in [-0.4, -0.2) is 27.5 Å². The molecular weight excluding hydrogens is 332 g/mol. The van der Waals surface area contributed by atoms with Gasteiger partial charge in [0.25, 0.3) is 5.91 Å². The minimum Gasteiger partial charge on any atom is -0.454 e. The summed E-state index contributed by atoms with van der Waals surface area (Å²) < 4.78 is 12.4. The number of hydrogen-bond acceptors (Lipinski definition) is 5. The molecule has 0 saturated heterocycles. The Balaban J connectivity index is 1.51. The number of rotatable bonds is 5. The Morgan fingerprint density at radius 3 is 2.92 bits per heavy atom. The van der Waals surface area contributed by atoms with Gasteiger partial charge >= 0.3 is 0 Å². The third-order valence-corrected chi connectivity index (χ3v) is 4.20. The van der Waals surface area contributed by atoms with Crippen molar-refractivity contribution in [3.63, 3.8) is 0 Å². The molecule has 26 heavy (non-hydrogen) atoms. The molecule has 1 aromatic carbocycles. The number of ether oxygens (including phenoxy) is 2. The molecule has 3 aromatic rings. The number of carbonyl (C=O) groups is 1. The van der Waals surface area contributed by atoms with Crippen molar-refractivity contribution in [3.8, 4) is 17.3 Å². The van der Waals surface area contributed by atoms with Gasteiger partial charge in [-0.25, -0.2) is 9.67 Å². The lowest BCUT2D eigenvalue weighted by molar-refractivity contribution is 0.0950. The lowest BCUT2D eigenvalue weighted by Gasteiger charge is -2.08. The average Bonchev–Trinajstić information content (AvgIpc) is 3.32. The van der Waals surface area contributed by atoms with Crippen LogP contribution in [0.25, 0.3) is 5.82 Å². The second-order valence-electron chi connectivity index (χ2n) is 5.83. The molecule has 7 nitrogen and oxygen atoms in total. The zero-order valence-electron chi connectivity index (χ0n) is 14.3. The van der Waals surface area contributed by atoms with E-state index in [1.165, 1.54) is 0 Å². The Morgan fingerprint density at radius 2 is 2.12 bits per heavy atom. The van der Waals surface area contributed by atoms with Crippen molar-refractivity contribution in [3.05, 3.63) is 65.6 Å². The highest BCUT2D eigenvalue weighted by atomic mass is 16.7. The highest BCUT2D eigenvalue weighted by Gasteiger charge is 2.18. The topological polar surface area (TPSA) is 78.3 Å². The molecule has 0 aliphatic carbocycles. The smallest absolute Gasteiger partial charge is 0.255 e. The molecule has 7 heteroatoms. The zero-order valence-corrected chi connectivity index (χ0v) is 14.3. The lowest BCUT2D eigenvalue weighted by atomic mass is 10.1. The predicted octanol–water partition coefficient (Wildman–Crippen LogP) is 2.49. The van der Waals surface area contributed by atoms with Crippen molar-refractivity contribution in [1.29, 1.82) is 0 Å². The fourth-order valence-corrected chi connectivity index (χ4v) is 2.91. The predicted molar refractivity (Wildman–Crippen MR) is 94.5 cm³/mol. The Hall–Kier alpha value is -3.35. The lowest BCUT2D eigenvalue weighted by Crippen LogP contribution is -2.23. The van der Waals surface area contributed by atoms with Crippen LogP contribution in [0.15, 0.2) is 48.8 Å². The van der Waals surface area contributed by atoms with Crippen molar-refractivity contribution >= 4 is 5.91 Å². The van der Waals surface area contributed by atoms with Crippen LogP contribution >= 0.6 is 0 Å². The fraction of sp³-hybridized carbons (Fsp3) is 0.211. The fourth-order valence-electron chi connectivity index (χ4n) is 2.91. The summed E-state index contributed by atoms with van der Waals surface area (Å²) in [5.41, 5.74) is 2.32. The van der Waals surface area contributed by atoms with Gasteiger partial charge in [-0.3, -0.25) is 4.79 Å². The molecule has 0 radical (unpaired) electrons. The summed E-state index contributed by atoms with van der Waals surface area (Å²) in [5, 5.41) is 7.27. The standard InChI is InChI=1S/C19H18N4O3/c1-2-15-14(11-22-23(15)18-5-3-4-8-20-18)19(24)21-10-13-6-7-16-17(9-13)26-12-25-16/h3-9,11H,2,10,12H2,1H3,(H,21,24). The summed E-state index contributed by atoms with van der Waals surface area (Å²) in [6.45, 7) is 2.62. The molecule has 1 amide bonds. The van der Waals surface area contributed by atoms with Crippen molar-refractivity contribution in [1.82, 2.24) is 20.1 Å². The van der Waals surface area contributed by atoms with Crippen LogP contribution < -0.4 is 14.8 Å². The summed E-state index contributed by atoms with van der Waals surface area (Å²) in [6.07, 6.45) is 3.96. The van der Waals surface area contributed by atoms with E-state index in [9.17, 15) is 4.79 Å². The summed E-state index contributed by atoms with van der Waals surface area (Å²) in [4.78, 5) is 16.9. The maximum atomic E-state index is 12.6. The Morgan fingerprint density at radius 1 is 1.23 bits per heavy atom. The van der Waals surface area contributed by atoms with Gasteiger partial charge in [0.2, 0.25) is 6.79 Å². The first kappa shape index (κ1) is 16.1. The Kier molecular flexibility index (Phi) is 4.27. The normalized spacial score (nSPS) is 12.2. The molecule has 0 spiro atoms. The molecular formula is C19H18N4O3. The van der Waals surface area contributed by atoms with E-state index in [1.807, 2.05) is 43.3 Å². The summed E-state index contributed by atoms with van der Waals surface area (Å²) in [6, 6.07) is 11.2. The summed E-state index contributed by atoms with van der Waals surface area (Å²) in [5.74, 6) is 1.96. The van der Waals surface area contributed by atoms with E-state index >= 15 is 0 Å². The molecule has 132 valence electrons. The highest BCUT2D eigenvalue weighted by Crippen LogP contribution is 2.32. The number of carbonyl (C=O) groups excluding carboxylic acids is 1. The average molecular weight is 350 g/mol. The number of benzene rings is 1. The quantitative estimate of drug-likeness (QED) is 0.765. The molecule has 0 atom stereocenters. The third-order valence-electron chi connectivity index (χ3n) is 4.20. The van der Waals surface area contributed by atoms with Crippen molar-refractivity contribution in [2.75, 3.05) is 6.79 Å². The van der Waals surface area contributed by atoms with Crippen molar-refractivity contribution in [2.24, 2.45) is 0 Å². The van der Waals surface area contributed by atoms with Crippen molar-refractivity contribution in [2.45, 2.75) is 19.9 Å². The first-order chi connectivity index (χ1) is 12.8. The van der Waals surface area contributed by atoms with Crippen LogP contribution in [0.2, 0.25) is 0 Å². The van der Waals surface area contributed by atoms with Gasteiger partial charge in [-0.05, 0) is 36.2 Å². The van der Waals surface area contributed by atoms with E-state index in [2.05, 4.69) is 15.4 Å². The molecule has 1 N–H and O–H groups in total. The summed E-state index contributed by atoms with van der Waals surface area (Å²) >= 11 is 0. The SMILES string of the molecule is CCc1c(C(=O)NCc2ccc3c(c2)OCO3)cnn1-c1ccccn1. The first-order valence-corrected chi connectivity index (χ1v) is 8.41. The number of aromatic nitrogens is 3. The van der Waals surface area contributed by atoms with Crippen LogP contribution in [0, 0.1) is 0 Å². The van der Waals surface area contributed by atoms with Gasteiger partial charge in [-0.15, -0.1) is 0 Å². The molecule has 2 aromatic heterocycles. The van der Waals surface area contributed by atoms with Crippen LogP contribution in [0.1, 0.15) is 28.5 Å². The Bertz CT molecular complexity index is 937. The second kappa shape index (κ2) is 6.87. The largest absolute Gasteiger partial charge is 0.454 e. The molecule has 0 unspecified atom stereocenters. The molecule has 3 heterocycles. The number of pyridine rings is 1. The highest BCUT2D eigenvalue weighted by molar-refractivity contribution is 5.95. The molecule has 0 bridgehead atoms. The van der Waals surface area contributed by atoms with Gasteiger partial charge in [-0.2, -0.15) is 5.10 Å². The number of nitrogens with one attached hydrogen (secondary N) is 1. The summed E-state index contributed by atoms with van der Waals surface area (Å²) in [7, 11) is 0. The van der Waals surface area contributed by atoms with Crippen LogP contribution in [0.3, 0.4) is 0 Å². The van der Waals surface area contributed by atoms with Gasteiger partial charge < -0.3 is 14.8 Å². The van der Waals surface area contributed by atoms with Crippen molar-refractivity contribution < 1.29 is 14.3 Å². The van der Waals surface area contributed by atoms with E-state index < -0.39 is 0 Å². The molecule has 1 aliphatic heterocycles. The van der Waals surface area contributed by atoms with Gasteiger partial charge in [0.15, 0.2) is 17.3 Å². The minimum absolute atomic E-state index is 0.165. The van der Waals surface area contributed by atoms with Crippen LogP contribution in [0.4, 0.5) is 0 Å². The molecule has 4 rings (SSSR count). The minimum atomic E-state index is -0.165. The second-order valence-corrected chi connectivity index (χ2v) is 5.83. The van der Waals surface area contributed by atoms with Crippen LogP contribution in [0.5, 0.6) is 11.5 Å². The molecule has 0 saturated carbocycles. The zero-order chi connectivity index (χ0) is 17.9. The maximum Gasteiger partial charge on any atom is 0.255 e. The monoisotopic (exact) mass is 350 g/mol. The Labute approximate surface area is 150 Å². The van der Waals surface area contributed by atoms with E-state index in [0.29, 0.717) is 30.1 Å². The van der Waals surface area contributed by atoms with E-state index in [4.69, 9.17) is 9.47 Å². The van der Waals surface area contributed by atoms with Gasteiger partial charge in [0.1, 0.15) is 0 Å². The van der Waals surface area contributed by atoms with E-state index in [1.54, 1.807) is 17.1 Å². The van der Waals surface area contributed by atoms with E-state index in [-0.39, 0.29) is 12.7 Å². The van der Waals surface area contributed by atoms with Gasteiger partial charge in [0.05, 0.1) is 17.5 Å². The molecule has 1 aliphatic rings. The number of hydrogen-bond donors (Lipinski definition) is 1.